The molecule has 2 fully saturated rings. The largest absolute Gasteiger partial charge is 0.455 e. The number of nitrogens with zero attached hydrogens (tertiary/aromatic N) is 1. The second-order valence-electron chi connectivity index (χ2n) is 5.82. The van der Waals surface area contributed by atoms with Crippen molar-refractivity contribution in [2.75, 3.05) is 13.1 Å². The summed E-state index contributed by atoms with van der Waals surface area (Å²) in [5.74, 6) is 7.61. The second kappa shape index (κ2) is 5.35. The number of hydrogen-bond acceptors (Lipinski definition) is 4. The quantitative estimate of drug-likeness (QED) is 0.444. The Kier molecular flexibility index (Phi) is 3.57. The van der Waals surface area contributed by atoms with E-state index in [1.54, 1.807) is 6.07 Å². The van der Waals surface area contributed by atoms with Crippen LogP contribution in [0.2, 0.25) is 0 Å². The Balaban J connectivity index is 1.59. The highest BCUT2D eigenvalue weighted by Crippen LogP contribution is 2.34. The van der Waals surface area contributed by atoms with E-state index in [0.29, 0.717) is 0 Å². The van der Waals surface area contributed by atoms with Crippen molar-refractivity contribution >= 4 is 5.91 Å². The molecule has 19 heavy (non-hydrogen) atoms. The van der Waals surface area contributed by atoms with E-state index >= 15 is 0 Å². The lowest BCUT2D eigenvalue weighted by Gasteiger charge is -2.20. The first-order chi connectivity index (χ1) is 9.24. The number of amides is 1. The fourth-order valence-electron chi connectivity index (χ4n) is 2.41. The Morgan fingerprint density at radius 3 is 2.42 bits per heavy atom. The molecule has 0 spiro atoms. The number of nitrogen functional groups attached to an aromatic ring is 1. The van der Waals surface area contributed by atoms with Crippen LogP contribution >= 0.6 is 0 Å². The Hall–Kier alpha value is -1.33. The van der Waals surface area contributed by atoms with Crippen LogP contribution in [0.3, 0.4) is 0 Å². The minimum Gasteiger partial charge on any atom is -0.455 e. The van der Waals surface area contributed by atoms with Crippen LogP contribution in [0.5, 0.6) is 0 Å². The van der Waals surface area contributed by atoms with Crippen molar-refractivity contribution in [2.24, 2.45) is 17.7 Å². The molecule has 2 aliphatic carbocycles. The third kappa shape index (κ3) is 3.58. The molecule has 0 saturated heterocycles. The number of furan rings is 1. The van der Waals surface area contributed by atoms with E-state index in [1.807, 2.05) is 6.07 Å². The highest BCUT2D eigenvalue weighted by Gasteiger charge is 2.29. The molecule has 2 aliphatic rings. The van der Waals surface area contributed by atoms with Crippen molar-refractivity contribution in [1.29, 1.82) is 0 Å². The Morgan fingerprint density at radius 2 is 1.89 bits per heavy atom. The molecule has 104 valence electrons. The lowest BCUT2D eigenvalue weighted by atomic mass is 10.3. The van der Waals surface area contributed by atoms with Crippen molar-refractivity contribution in [2.45, 2.75) is 32.2 Å². The van der Waals surface area contributed by atoms with Gasteiger partial charge in [-0.1, -0.05) is 0 Å². The number of rotatable bonds is 7. The molecule has 1 heterocycles. The number of carbonyl (C=O) groups is 1. The van der Waals surface area contributed by atoms with Gasteiger partial charge in [0.25, 0.3) is 0 Å². The molecule has 1 aromatic heterocycles. The van der Waals surface area contributed by atoms with E-state index < -0.39 is 0 Å². The average Bonchev–Trinajstić information content (AvgIpc) is 3.32. The van der Waals surface area contributed by atoms with Crippen LogP contribution in [-0.4, -0.2) is 23.9 Å². The van der Waals surface area contributed by atoms with Crippen molar-refractivity contribution in [1.82, 2.24) is 10.3 Å². The minimum atomic E-state index is -0.373. The van der Waals surface area contributed by atoms with E-state index in [0.717, 1.165) is 37.2 Å². The van der Waals surface area contributed by atoms with Gasteiger partial charge >= 0.3 is 5.91 Å². The van der Waals surface area contributed by atoms with E-state index in [-0.39, 0.29) is 11.7 Å². The Morgan fingerprint density at radius 1 is 1.26 bits per heavy atom. The smallest absolute Gasteiger partial charge is 0.300 e. The van der Waals surface area contributed by atoms with Gasteiger partial charge in [0, 0.05) is 13.1 Å². The van der Waals surface area contributed by atoms with Crippen LogP contribution in [0, 0.1) is 11.8 Å². The normalized spacial score (nSPS) is 18.8. The van der Waals surface area contributed by atoms with Gasteiger partial charge in [0.05, 0.1) is 6.54 Å². The van der Waals surface area contributed by atoms with E-state index in [9.17, 15) is 4.79 Å². The predicted octanol–water partition coefficient (Wildman–Crippen LogP) is 1.51. The van der Waals surface area contributed by atoms with Crippen LogP contribution in [0.15, 0.2) is 16.5 Å². The molecule has 5 nitrogen and oxygen atoms in total. The maximum Gasteiger partial charge on any atom is 0.300 e. The summed E-state index contributed by atoms with van der Waals surface area (Å²) in [5.41, 5.74) is 2.09. The molecule has 0 radical (unpaired) electrons. The van der Waals surface area contributed by atoms with Crippen LogP contribution in [0.4, 0.5) is 0 Å². The zero-order valence-corrected chi connectivity index (χ0v) is 11.1. The molecule has 0 unspecified atom stereocenters. The predicted molar refractivity (Wildman–Crippen MR) is 71.1 cm³/mol. The van der Waals surface area contributed by atoms with E-state index in [4.69, 9.17) is 10.3 Å². The molecule has 0 aliphatic heterocycles. The summed E-state index contributed by atoms with van der Waals surface area (Å²) in [7, 11) is 0. The molecule has 0 bridgehead atoms. The molecule has 3 rings (SSSR count). The summed E-state index contributed by atoms with van der Waals surface area (Å²) in [6.45, 7) is 3.12. The molecule has 3 N–H and O–H groups in total. The first-order valence-electron chi connectivity index (χ1n) is 7.06. The van der Waals surface area contributed by atoms with Gasteiger partial charge in [0.2, 0.25) is 0 Å². The van der Waals surface area contributed by atoms with E-state index in [1.165, 1.54) is 25.7 Å². The maximum atomic E-state index is 11.3. The molecule has 0 aromatic carbocycles. The fraction of sp³-hybridized carbons (Fsp3) is 0.643. The number of nitrogens with one attached hydrogen (secondary N) is 1. The van der Waals surface area contributed by atoms with Gasteiger partial charge in [-0.25, -0.2) is 5.84 Å². The number of carbonyl (C=O) groups excluding carboxylic acids is 1. The Labute approximate surface area is 113 Å². The molecule has 1 amide bonds. The topological polar surface area (TPSA) is 71.5 Å². The van der Waals surface area contributed by atoms with Crippen molar-refractivity contribution < 1.29 is 9.21 Å². The number of hydrogen-bond donors (Lipinski definition) is 2. The van der Waals surface area contributed by atoms with Crippen molar-refractivity contribution in [3.05, 3.63) is 23.7 Å². The highest BCUT2D eigenvalue weighted by molar-refractivity contribution is 5.90. The molecular weight excluding hydrogens is 242 g/mol. The zero-order chi connectivity index (χ0) is 13.2. The van der Waals surface area contributed by atoms with Crippen LogP contribution in [0.25, 0.3) is 0 Å². The summed E-state index contributed by atoms with van der Waals surface area (Å²) in [4.78, 5) is 13.8. The second-order valence-corrected chi connectivity index (χ2v) is 5.82. The monoisotopic (exact) mass is 263 g/mol. The van der Waals surface area contributed by atoms with Crippen LogP contribution in [0.1, 0.15) is 42.0 Å². The third-order valence-electron chi connectivity index (χ3n) is 3.82. The average molecular weight is 263 g/mol. The van der Waals surface area contributed by atoms with E-state index in [2.05, 4.69) is 10.3 Å². The molecule has 2 saturated carbocycles. The summed E-state index contributed by atoms with van der Waals surface area (Å²) in [6, 6.07) is 3.56. The van der Waals surface area contributed by atoms with Gasteiger partial charge in [-0.05, 0) is 49.7 Å². The summed E-state index contributed by atoms with van der Waals surface area (Å²) >= 11 is 0. The van der Waals surface area contributed by atoms with Gasteiger partial charge in [-0.2, -0.15) is 0 Å². The molecule has 1 aromatic rings. The van der Waals surface area contributed by atoms with Crippen molar-refractivity contribution in [3.63, 3.8) is 0 Å². The minimum absolute atomic E-state index is 0.287. The molecular formula is C14H21N3O2. The van der Waals surface area contributed by atoms with Crippen LogP contribution < -0.4 is 11.3 Å². The van der Waals surface area contributed by atoms with Crippen molar-refractivity contribution in [3.8, 4) is 0 Å². The summed E-state index contributed by atoms with van der Waals surface area (Å²) in [5, 5.41) is 0. The number of hydrazine groups is 1. The lowest BCUT2D eigenvalue weighted by Crippen LogP contribution is -2.29. The highest BCUT2D eigenvalue weighted by atomic mass is 16.4. The zero-order valence-electron chi connectivity index (χ0n) is 11.1. The van der Waals surface area contributed by atoms with Gasteiger partial charge in [-0.3, -0.25) is 15.1 Å². The summed E-state index contributed by atoms with van der Waals surface area (Å²) in [6.07, 6.45) is 5.45. The lowest BCUT2D eigenvalue weighted by molar-refractivity contribution is 0.0921. The van der Waals surface area contributed by atoms with Crippen LogP contribution in [-0.2, 0) is 6.54 Å². The van der Waals surface area contributed by atoms with Gasteiger partial charge in [0.1, 0.15) is 5.76 Å². The van der Waals surface area contributed by atoms with Gasteiger partial charge in [-0.15, -0.1) is 0 Å². The maximum absolute atomic E-state index is 11.3. The Bertz CT molecular complexity index is 435. The molecule has 0 atom stereocenters. The summed E-state index contributed by atoms with van der Waals surface area (Å²) < 4.78 is 5.54. The SMILES string of the molecule is NNC(=O)c1ccc(CN(CC2CC2)CC2CC2)o1. The third-order valence-corrected chi connectivity index (χ3v) is 3.82. The first-order valence-corrected chi connectivity index (χ1v) is 7.06. The number of nitrogens with two attached hydrogens (primary N) is 1. The van der Waals surface area contributed by atoms with Gasteiger partial charge < -0.3 is 4.42 Å². The van der Waals surface area contributed by atoms with Gasteiger partial charge in [0.15, 0.2) is 5.76 Å². The fourth-order valence-corrected chi connectivity index (χ4v) is 2.41. The first kappa shape index (κ1) is 12.7. The molecule has 5 heteroatoms. The standard InChI is InChI=1S/C14H21N3O2/c15-16-14(18)13-6-5-12(19-13)9-17(7-10-1-2-10)8-11-3-4-11/h5-6,10-11H,1-4,7-9,15H2,(H,16,18).